The largest absolute Gasteiger partial charge is 0.384 e. The van der Waals surface area contributed by atoms with Crippen molar-refractivity contribution in [3.8, 4) is 0 Å². The molecular formula is C16H23BrN2O2. The fraction of sp³-hybridized carbons (Fsp3) is 0.562. The number of hydrogen-bond donors (Lipinski definition) is 1. The molecule has 1 saturated heterocycles. The lowest BCUT2D eigenvalue weighted by atomic mass is 9.78. The maximum atomic E-state index is 12.9. The summed E-state index contributed by atoms with van der Waals surface area (Å²) in [6.45, 7) is 2.87. The van der Waals surface area contributed by atoms with Crippen LogP contribution in [0.1, 0.15) is 18.4 Å². The van der Waals surface area contributed by atoms with Gasteiger partial charge in [0.15, 0.2) is 0 Å². The van der Waals surface area contributed by atoms with Crippen molar-refractivity contribution in [2.24, 2.45) is 5.41 Å². The summed E-state index contributed by atoms with van der Waals surface area (Å²) < 4.78 is 6.38. The molecule has 1 aliphatic rings. The summed E-state index contributed by atoms with van der Waals surface area (Å²) >= 11 is 3.47. The molecule has 0 spiro atoms. The third-order valence-corrected chi connectivity index (χ3v) is 4.58. The lowest BCUT2D eigenvalue weighted by Crippen LogP contribution is -2.50. The number of ether oxygens (including phenoxy) is 1. The summed E-state index contributed by atoms with van der Waals surface area (Å²) in [6, 6.07) is 8.08. The topological polar surface area (TPSA) is 41.6 Å². The molecule has 21 heavy (non-hydrogen) atoms. The molecule has 0 atom stereocenters. The summed E-state index contributed by atoms with van der Waals surface area (Å²) in [4.78, 5) is 14.7. The second kappa shape index (κ2) is 7.38. The van der Waals surface area contributed by atoms with Crippen molar-refractivity contribution in [2.45, 2.75) is 19.4 Å². The molecule has 0 aliphatic carbocycles. The van der Waals surface area contributed by atoms with Gasteiger partial charge >= 0.3 is 0 Å². The number of piperidine rings is 1. The maximum absolute atomic E-state index is 12.9. The van der Waals surface area contributed by atoms with Gasteiger partial charge in [-0.25, -0.2) is 0 Å². The van der Waals surface area contributed by atoms with Crippen LogP contribution in [0.5, 0.6) is 0 Å². The number of carbonyl (C=O) groups excluding carboxylic acids is 1. The number of methoxy groups -OCH3 is 1. The number of hydrogen-bond acceptors (Lipinski definition) is 3. The lowest BCUT2D eigenvalue weighted by molar-refractivity contribution is -0.146. The van der Waals surface area contributed by atoms with Gasteiger partial charge in [0, 0.05) is 25.2 Å². The highest BCUT2D eigenvalue weighted by Gasteiger charge is 2.41. The quantitative estimate of drug-likeness (QED) is 0.882. The van der Waals surface area contributed by atoms with Crippen LogP contribution in [0.3, 0.4) is 0 Å². The predicted octanol–water partition coefficient (Wildman–Crippen LogP) is 2.42. The highest BCUT2D eigenvalue weighted by molar-refractivity contribution is 9.10. The van der Waals surface area contributed by atoms with Crippen molar-refractivity contribution in [2.75, 3.05) is 33.9 Å². The zero-order chi connectivity index (χ0) is 15.3. The Kier molecular flexibility index (Phi) is 5.79. The summed E-state index contributed by atoms with van der Waals surface area (Å²) in [5, 5.41) is 3.32. The third-order valence-electron chi connectivity index (χ3n) is 4.09. The number of halogens is 1. The molecule has 2 rings (SSSR count). The van der Waals surface area contributed by atoms with E-state index in [0.717, 1.165) is 36.0 Å². The van der Waals surface area contributed by atoms with E-state index in [0.29, 0.717) is 13.2 Å². The lowest BCUT2D eigenvalue weighted by Gasteiger charge is -2.38. The van der Waals surface area contributed by atoms with Gasteiger partial charge in [0.2, 0.25) is 5.91 Å². The van der Waals surface area contributed by atoms with Crippen molar-refractivity contribution >= 4 is 21.8 Å². The van der Waals surface area contributed by atoms with Gasteiger partial charge in [-0.15, -0.1) is 0 Å². The maximum Gasteiger partial charge on any atom is 0.231 e. The SMILES string of the molecule is COCC1(C(=O)N(C)Cc2cccc(Br)c2)CCNCC1. The third kappa shape index (κ3) is 4.05. The Hall–Kier alpha value is -0.910. The number of rotatable bonds is 5. The molecule has 0 bridgehead atoms. The van der Waals surface area contributed by atoms with Crippen LogP contribution in [0.15, 0.2) is 28.7 Å². The normalized spacial score (nSPS) is 17.5. The number of amides is 1. The molecule has 4 nitrogen and oxygen atoms in total. The van der Waals surface area contributed by atoms with Gasteiger partial charge in [-0.2, -0.15) is 0 Å². The Morgan fingerprint density at radius 1 is 1.43 bits per heavy atom. The Morgan fingerprint density at radius 3 is 2.76 bits per heavy atom. The molecule has 1 aliphatic heterocycles. The Morgan fingerprint density at radius 2 is 2.14 bits per heavy atom. The first-order chi connectivity index (χ1) is 10.1. The first-order valence-corrected chi connectivity index (χ1v) is 8.06. The monoisotopic (exact) mass is 354 g/mol. The molecule has 0 aromatic heterocycles. The number of benzene rings is 1. The van der Waals surface area contributed by atoms with Crippen molar-refractivity contribution in [1.82, 2.24) is 10.2 Å². The highest BCUT2D eigenvalue weighted by atomic mass is 79.9. The average Bonchev–Trinajstić information content (AvgIpc) is 2.47. The van der Waals surface area contributed by atoms with Crippen molar-refractivity contribution < 1.29 is 9.53 Å². The van der Waals surface area contributed by atoms with Crippen LogP contribution in [0, 0.1) is 5.41 Å². The Labute approximate surface area is 135 Å². The van der Waals surface area contributed by atoms with Crippen LogP contribution in [0.4, 0.5) is 0 Å². The molecule has 0 radical (unpaired) electrons. The van der Waals surface area contributed by atoms with Crippen LogP contribution in [-0.4, -0.2) is 44.7 Å². The minimum atomic E-state index is -0.374. The van der Waals surface area contributed by atoms with E-state index < -0.39 is 0 Å². The van der Waals surface area contributed by atoms with Crippen molar-refractivity contribution in [3.63, 3.8) is 0 Å². The molecule has 1 amide bonds. The van der Waals surface area contributed by atoms with Crippen LogP contribution in [-0.2, 0) is 16.1 Å². The number of nitrogens with one attached hydrogen (secondary N) is 1. The fourth-order valence-corrected chi connectivity index (χ4v) is 3.43. The standard InChI is InChI=1S/C16H23BrN2O2/c1-19(11-13-4-3-5-14(17)10-13)15(20)16(12-21-2)6-8-18-9-7-16/h3-5,10,18H,6-9,11-12H2,1-2H3. The molecule has 0 unspecified atom stereocenters. The first kappa shape index (κ1) is 16.5. The Balaban J connectivity index is 2.09. The second-order valence-corrected chi connectivity index (χ2v) is 6.67. The van der Waals surface area contributed by atoms with Gasteiger partial charge in [0.1, 0.15) is 0 Å². The zero-order valence-electron chi connectivity index (χ0n) is 12.7. The van der Waals surface area contributed by atoms with Gasteiger partial charge in [0.25, 0.3) is 0 Å². The van der Waals surface area contributed by atoms with E-state index in [1.165, 1.54) is 0 Å². The molecule has 1 N–H and O–H groups in total. The van der Waals surface area contributed by atoms with Gasteiger partial charge in [-0.3, -0.25) is 4.79 Å². The van der Waals surface area contributed by atoms with Crippen LogP contribution >= 0.6 is 15.9 Å². The van der Waals surface area contributed by atoms with Crippen LogP contribution in [0.2, 0.25) is 0 Å². The molecule has 1 heterocycles. The average molecular weight is 355 g/mol. The summed E-state index contributed by atoms with van der Waals surface area (Å²) in [7, 11) is 3.55. The fourth-order valence-electron chi connectivity index (χ4n) is 2.99. The summed E-state index contributed by atoms with van der Waals surface area (Å²) in [6.07, 6.45) is 1.67. The van der Waals surface area contributed by atoms with Gasteiger partial charge in [-0.1, -0.05) is 28.1 Å². The van der Waals surface area contributed by atoms with Crippen LogP contribution in [0.25, 0.3) is 0 Å². The van der Waals surface area contributed by atoms with E-state index in [1.54, 1.807) is 7.11 Å². The Bertz CT molecular complexity index is 481. The minimum absolute atomic E-state index is 0.186. The van der Waals surface area contributed by atoms with E-state index in [2.05, 4.69) is 27.3 Å². The van der Waals surface area contributed by atoms with E-state index in [-0.39, 0.29) is 11.3 Å². The molecule has 0 saturated carbocycles. The number of nitrogens with zero attached hydrogens (tertiary/aromatic N) is 1. The summed E-state index contributed by atoms with van der Waals surface area (Å²) in [5.41, 5.74) is 0.752. The molecule has 1 fully saturated rings. The van der Waals surface area contributed by atoms with Gasteiger partial charge in [0.05, 0.1) is 12.0 Å². The van der Waals surface area contributed by atoms with E-state index >= 15 is 0 Å². The van der Waals surface area contributed by atoms with Crippen molar-refractivity contribution in [3.05, 3.63) is 34.3 Å². The summed E-state index contributed by atoms with van der Waals surface area (Å²) in [5.74, 6) is 0.186. The van der Waals surface area contributed by atoms with E-state index in [9.17, 15) is 4.79 Å². The molecule has 1 aromatic rings. The molecule has 1 aromatic carbocycles. The second-order valence-electron chi connectivity index (χ2n) is 5.75. The van der Waals surface area contributed by atoms with Gasteiger partial charge in [-0.05, 0) is 43.6 Å². The van der Waals surface area contributed by atoms with Crippen LogP contribution < -0.4 is 5.32 Å². The predicted molar refractivity (Wildman–Crippen MR) is 87.0 cm³/mol. The minimum Gasteiger partial charge on any atom is -0.384 e. The smallest absolute Gasteiger partial charge is 0.231 e. The molecule has 116 valence electrons. The molecular weight excluding hydrogens is 332 g/mol. The van der Waals surface area contributed by atoms with E-state index in [4.69, 9.17) is 4.74 Å². The van der Waals surface area contributed by atoms with Crippen molar-refractivity contribution in [1.29, 1.82) is 0 Å². The first-order valence-electron chi connectivity index (χ1n) is 7.27. The number of carbonyl (C=O) groups is 1. The highest BCUT2D eigenvalue weighted by Crippen LogP contribution is 2.31. The van der Waals surface area contributed by atoms with E-state index in [1.807, 2.05) is 30.1 Å². The van der Waals surface area contributed by atoms with Gasteiger partial charge < -0.3 is 15.0 Å². The zero-order valence-corrected chi connectivity index (χ0v) is 14.3. The molecule has 5 heteroatoms.